The van der Waals surface area contributed by atoms with Crippen LogP contribution in [0, 0.1) is 0 Å². The Labute approximate surface area is 182 Å². The van der Waals surface area contributed by atoms with Crippen molar-refractivity contribution in [2.45, 2.75) is 76.5 Å². The number of carbonyl (C=O) groups excluding carboxylic acids is 3. The molecule has 1 unspecified atom stereocenters. The highest BCUT2D eigenvalue weighted by molar-refractivity contribution is 6.58. The quantitative estimate of drug-likeness (QED) is 0.385. The summed E-state index contributed by atoms with van der Waals surface area (Å²) in [7, 11) is -1.59. The van der Waals surface area contributed by atoms with Crippen LogP contribution in [0.25, 0.3) is 0 Å². The molecule has 1 aromatic carbocycles. The predicted octanol–water partition coefficient (Wildman–Crippen LogP) is 0.107. The molecule has 1 aromatic rings. The molecule has 0 heterocycles. The van der Waals surface area contributed by atoms with E-state index in [0.29, 0.717) is 23.9 Å². The summed E-state index contributed by atoms with van der Waals surface area (Å²) in [6.07, 6.45) is 2.79. The Morgan fingerprint density at radius 3 is 2.19 bits per heavy atom. The van der Waals surface area contributed by atoms with Gasteiger partial charge in [0.2, 0.25) is 11.8 Å². The van der Waals surface area contributed by atoms with Crippen molar-refractivity contribution in [2.24, 2.45) is 5.73 Å². The predicted molar refractivity (Wildman–Crippen MR) is 116 cm³/mol. The van der Waals surface area contributed by atoms with E-state index in [4.69, 9.17) is 10.5 Å². The number of carbonyl (C=O) groups is 3. The first-order chi connectivity index (χ1) is 14.4. The van der Waals surface area contributed by atoms with Gasteiger partial charge in [0, 0.05) is 6.42 Å². The molecule has 3 amide bonds. The third-order valence-corrected chi connectivity index (χ3v) is 5.25. The molecule has 0 aliphatic heterocycles. The molecule has 1 atom stereocenters. The van der Waals surface area contributed by atoms with Gasteiger partial charge in [-0.15, -0.1) is 0 Å². The van der Waals surface area contributed by atoms with Crippen LogP contribution in [0.3, 0.4) is 0 Å². The van der Waals surface area contributed by atoms with Gasteiger partial charge in [-0.05, 0) is 44.6 Å². The molecule has 170 valence electrons. The monoisotopic (exact) mass is 433 g/mol. The molecule has 0 radical (unpaired) electrons. The van der Waals surface area contributed by atoms with Crippen LogP contribution in [0.5, 0.6) is 0 Å². The Balaban J connectivity index is 2.14. The lowest BCUT2D eigenvalue weighted by molar-refractivity contribution is -0.133. The molecule has 6 N–H and O–H groups in total. The summed E-state index contributed by atoms with van der Waals surface area (Å²) in [5.41, 5.74) is 4.64. The van der Waals surface area contributed by atoms with Crippen molar-refractivity contribution in [2.75, 3.05) is 0 Å². The van der Waals surface area contributed by atoms with E-state index in [1.165, 1.54) is 12.1 Å². The topological polar surface area (TPSA) is 151 Å². The van der Waals surface area contributed by atoms with Crippen LogP contribution in [0.4, 0.5) is 4.79 Å². The van der Waals surface area contributed by atoms with E-state index in [1.54, 1.807) is 32.9 Å². The zero-order valence-electron chi connectivity index (χ0n) is 18.3. The number of nitrogens with two attached hydrogens (primary N) is 1. The van der Waals surface area contributed by atoms with E-state index < -0.39 is 42.2 Å². The number of rotatable bonds is 7. The average molecular weight is 433 g/mol. The van der Waals surface area contributed by atoms with E-state index in [-0.39, 0.29) is 6.42 Å². The second-order valence-corrected chi connectivity index (χ2v) is 9.02. The first kappa shape index (κ1) is 24.7. The molecular weight excluding hydrogens is 401 g/mol. The number of nitrogens with one attached hydrogen (secondary N) is 2. The van der Waals surface area contributed by atoms with Crippen molar-refractivity contribution in [3.63, 3.8) is 0 Å². The van der Waals surface area contributed by atoms with Crippen molar-refractivity contribution in [3.05, 3.63) is 29.8 Å². The second kappa shape index (κ2) is 10.1. The lowest BCUT2D eigenvalue weighted by atomic mass is 9.79. The normalized spacial score (nSPS) is 16.7. The third kappa shape index (κ3) is 7.25. The number of hydrogen-bond donors (Lipinski definition) is 5. The smallest absolute Gasteiger partial charge is 0.444 e. The maximum atomic E-state index is 13.2. The molecule has 31 heavy (non-hydrogen) atoms. The molecule has 9 nitrogen and oxygen atoms in total. The van der Waals surface area contributed by atoms with Gasteiger partial charge >= 0.3 is 13.2 Å². The van der Waals surface area contributed by atoms with E-state index >= 15 is 0 Å². The van der Waals surface area contributed by atoms with Gasteiger partial charge in [0.15, 0.2) is 0 Å². The Kier molecular flexibility index (Phi) is 8.08. The van der Waals surface area contributed by atoms with Gasteiger partial charge in [-0.25, -0.2) is 4.79 Å². The van der Waals surface area contributed by atoms with Crippen molar-refractivity contribution in [1.29, 1.82) is 0 Å². The fourth-order valence-electron chi connectivity index (χ4n) is 3.64. The highest BCUT2D eigenvalue weighted by Crippen LogP contribution is 2.29. The van der Waals surface area contributed by atoms with Gasteiger partial charge in [0.25, 0.3) is 0 Å². The van der Waals surface area contributed by atoms with E-state index in [2.05, 4.69) is 10.6 Å². The van der Waals surface area contributed by atoms with Crippen LogP contribution in [-0.4, -0.2) is 52.3 Å². The molecule has 0 bridgehead atoms. The average Bonchev–Trinajstić information content (AvgIpc) is 2.66. The van der Waals surface area contributed by atoms with Gasteiger partial charge in [0.05, 0.1) is 0 Å². The molecule has 2 rings (SSSR count). The molecule has 0 saturated heterocycles. The van der Waals surface area contributed by atoms with Crippen LogP contribution in [0.1, 0.15) is 58.4 Å². The zero-order valence-corrected chi connectivity index (χ0v) is 18.3. The van der Waals surface area contributed by atoms with Crippen molar-refractivity contribution < 1.29 is 29.2 Å². The first-order valence-corrected chi connectivity index (χ1v) is 10.5. The van der Waals surface area contributed by atoms with Crippen LogP contribution >= 0.6 is 0 Å². The highest BCUT2D eigenvalue weighted by Gasteiger charge is 2.43. The van der Waals surface area contributed by atoms with Gasteiger partial charge in [-0.1, -0.05) is 43.5 Å². The fourth-order valence-corrected chi connectivity index (χ4v) is 3.64. The maximum Gasteiger partial charge on any atom is 0.488 e. The lowest BCUT2D eigenvalue weighted by Crippen LogP contribution is -2.63. The Morgan fingerprint density at radius 2 is 1.71 bits per heavy atom. The molecule has 0 spiro atoms. The van der Waals surface area contributed by atoms with E-state index in [0.717, 1.165) is 19.3 Å². The van der Waals surface area contributed by atoms with Gasteiger partial charge in [0.1, 0.15) is 17.2 Å². The number of hydrogen-bond acceptors (Lipinski definition) is 6. The zero-order chi connectivity index (χ0) is 23.2. The van der Waals surface area contributed by atoms with E-state index in [9.17, 15) is 24.4 Å². The summed E-state index contributed by atoms with van der Waals surface area (Å²) in [4.78, 5) is 37.6. The summed E-state index contributed by atoms with van der Waals surface area (Å²) < 4.78 is 5.33. The fraction of sp³-hybridized carbons (Fsp3) is 0.571. The third-order valence-electron chi connectivity index (χ3n) is 5.25. The summed E-state index contributed by atoms with van der Waals surface area (Å²) in [6.45, 7) is 5.22. The van der Waals surface area contributed by atoms with Crippen molar-refractivity contribution >= 4 is 30.5 Å². The van der Waals surface area contributed by atoms with Crippen molar-refractivity contribution in [1.82, 2.24) is 10.6 Å². The summed E-state index contributed by atoms with van der Waals surface area (Å²) >= 11 is 0. The SMILES string of the molecule is CC(C)(C)OC(=O)NC1(C(=O)NC(Cc2ccc(B(O)O)cc2)C(N)=O)CCCCC1. The largest absolute Gasteiger partial charge is 0.488 e. The summed E-state index contributed by atoms with van der Waals surface area (Å²) in [5.74, 6) is -1.17. The van der Waals surface area contributed by atoms with Crippen LogP contribution in [0.15, 0.2) is 24.3 Å². The maximum absolute atomic E-state index is 13.2. The van der Waals surface area contributed by atoms with Gasteiger partial charge in [-0.3, -0.25) is 9.59 Å². The molecular formula is C21H32BN3O6. The number of benzene rings is 1. The Bertz CT molecular complexity index is 785. The highest BCUT2D eigenvalue weighted by atomic mass is 16.6. The van der Waals surface area contributed by atoms with E-state index in [1.807, 2.05) is 0 Å². The first-order valence-electron chi connectivity index (χ1n) is 10.5. The number of primary amides is 1. The Hall–Kier alpha value is -2.59. The van der Waals surface area contributed by atoms with Crippen LogP contribution < -0.4 is 21.8 Å². The minimum absolute atomic E-state index is 0.130. The molecule has 1 aliphatic carbocycles. The number of ether oxygens (including phenoxy) is 1. The minimum atomic E-state index is -1.59. The van der Waals surface area contributed by atoms with Gasteiger partial charge in [-0.2, -0.15) is 0 Å². The van der Waals surface area contributed by atoms with Crippen LogP contribution in [0.2, 0.25) is 0 Å². The van der Waals surface area contributed by atoms with Crippen LogP contribution in [-0.2, 0) is 20.7 Å². The summed E-state index contributed by atoms with van der Waals surface area (Å²) in [6, 6.07) is 5.31. The second-order valence-electron chi connectivity index (χ2n) is 9.02. The molecule has 1 saturated carbocycles. The molecule has 1 fully saturated rings. The van der Waals surface area contributed by atoms with Crippen molar-refractivity contribution in [3.8, 4) is 0 Å². The lowest BCUT2D eigenvalue weighted by Gasteiger charge is -2.37. The molecule has 0 aromatic heterocycles. The van der Waals surface area contributed by atoms with Gasteiger partial charge < -0.3 is 31.2 Å². The Morgan fingerprint density at radius 1 is 1.13 bits per heavy atom. The molecule has 1 aliphatic rings. The summed E-state index contributed by atoms with van der Waals surface area (Å²) in [5, 5.41) is 23.8. The minimum Gasteiger partial charge on any atom is -0.444 e. The molecule has 10 heteroatoms. The number of alkyl carbamates (subject to hydrolysis) is 1. The standard InChI is InChI=1S/C21H32BN3O6/c1-20(2,3)31-19(28)25-21(11-5-4-6-12-21)18(27)24-16(17(23)26)13-14-7-9-15(10-8-14)22(29)30/h7-10,16,29-30H,4-6,11-13H2,1-3H3,(H2,23,26)(H,24,27)(H,25,28). The number of amides is 3.